The molecule has 0 bridgehead atoms. The topological polar surface area (TPSA) is 209 Å². The number of carboxylic acid groups (broad SMARTS) is 2. The maximum atomic E-state index is 11.7. The van der Waals surface area contributed by atoms with Gasteiger partial charge < -0.3 is 35.1 Å². The quantitative estimate of drug-likeness (QED) is 0.0665. The van der Waals surface area contributed by atoms with Crippen molar-refractivity contribution >= 4 is 23.8 Å². The molecular weight excluding hydrogens is 406 g/mol. The van der Waals surface area contributed by atoms with Gasteiger partial charge in [0.15, 0.2) is 0 Å². The van der Waals surface area contributed by atoms with Crippen molar-refractivity contribution in [3.05, 3.63) is 10.4 Å². The summed E-state index contributed by atoms with van der Waals surface area (Å²) in [4.78, 5) is 47.1. The first-order chi connectivity index (χ1) is 14.4. The molecule has 1 unspecified atom stereocenters. The second-order valence-electron chi connectivity index (χ2n) is 5.71. The van der Waals surface area contributed by atoms with Gasteiger partial charge in [0.05, 0.1) is 39.6 Å². The fourth-order valence-electron chi connectivity index (χ4n) is 1.96. The van der Waals surface area contributed by atoms with Gasteiger partial charge in [-0.1, -0.05) is 5.11 Å². The molecule has 30 heavy (non-hydrogen) atoms. The van der Waals surface area contributed by atoms with Crippen LogP contribution in [-0.4, -0.2) is 92.7 Å². The monoisotopic (exact) mass is 433 g/mol. The van der Waals surface area contributed by atoms with Crippen molar-refractivity contribution in [3.8, 4) is 0 Å². The van der Waals surface area contributed by atoms with E-state index in [1.807, 2.05) is 0 Å². The lowest BCUT2D eigenvalue weighted by Gasteiger charge is -2.13. The summed E-state index contributed by atoms with van der Waals surface area (Å²) in [6.07, 6.45) is -1.18. The predicted octanol–water partition coefficient (Wildman–Crippen LogP) is -0.713. The summed E-state index contributed by atoms with van der Waals surface area (Å²) >= 11 is 0. The van der Waals surface area contributed by atoms with Gasteiger partial charge in [0.2, 0.25) is 11.8 Å². The molecule has 0 spiro atoms. The van der Waals surface area contributed by atoms with E-state index in [1.165, 1.54) is 0 Å². The number of carbonyl (C=O) groups excluding carboxylic acids is 2. The summed E-state index contributed by atoms with van der Waals surface area (Å²) in [5.41, 5.74) is 8.07. The number of nitrogens with zero attached hydrogens (tertiary/aromatic N) is 3. The average Bonchev–Trinajstić information content (AvgIpc) is 2.67. The first-order valence-corrected chi connectivity index (χ1v) is 9.11. The zero-order valence-electron chi connectivity index (χ0n) is 16.4. The third-order valence-corrected chi connectivity index (χ3v) is 3.32. The van der Waals surface area contributed by atoms with E-state index in [4.69, 9.17) is 30.0 Å². The van der Waals surface area contributed by atoms with Crippen LogP contribution < -0.4 is 10.6 Å². The molecular formula is C16H27N5O9. The number of carboxylic acids is 2. The largest absolute Gasteiger partial charge is 0.481 e. The summed E-state index contributed by atoms with van der Waals surface area (Å²) in [5.74, 6) is -4.10. The number of nitrogens with one attached hydrogen (secondary N) is 2. The fraction of sp³-hybridized carbons (Fsp3) is 0.750. The van der Waals surface area contributed by atoms with E-state index in [0.717, 1.165) is 0 Å². The minimum Gasteiger partial charge on any atom is -0.481 e. The molecule has 0 saturated heterocycles. The normalized spacial score (nSPS) is 11.2. The van der Waals surface area contributed by atoms with Gasteiger partial charge in [-0.2, -0.15) is 0 Å². The smallest absolute Gasteiger partial charge is 0.326 e. The average molecular weight is 433 g/mol. The summed E-state index contributed by atoms with van der Waals surface area (Å²) < 4.78 is 15.6. The molecule has 0 rings (SSSR count). The van der Waals surface area contributed by atoms with Crippen molar-refractivity contribution in [2.45, 2.75) is 25.3 Å². The van der Waals surface area contributed by atoms with Crippen LogP contribution in [0.3, 0.4) is 0 Å². The molecule has 2 amide bonds. The Kier molecular flexibility index (Phi) is 16.4. The molecule has 0 aromatic heterocycles. The molecule has 0 aromatic carbocycles. The lowest BCUT2D eigenvalue weighted by atomic mass is 10.1. The number of hydrogen-bond acceptors (Lipinski definition) is 8. The van der Waals surface area contributed by atoms with Crippen molar-refractivity contribution in [2.75, 3.05) is 52.7 Å². The Bertz CT molecular complexity index is 596. The van der Waals surface area contributed by atoms with Crippen molar-refractivity contribution in [3.63, 3.8) is 0 Å². The number of amides is 2. The van der Waals surface area contributed by atoms with E-state index in [0.29, 0.717) is 33.0 Å². The Morgan fingerprint density at radius 1 is 0.933 bits per heavy atom. The first kappa shape index (κ1) is 27.1. The maximum Gasteiger partial charge on any atom is 0.326 e. The van der Waals surface area contributed by atoms with Gasteiger partial charge in [0, 0.05) is 24.4 Å². The Hall–Kier alpha value is -2.93. The maximum absolute atomic E-state index is 11.7. The molecule has 0 aromatic rings. The minimum absolute atomic E-state index is 0.160. The lowest BCUT2D eigenvalue weighted by molar-refractivity contribution is -0.145. The molecule has 170 valence electrons. The van der Waals surface area contributed by atoms with E-state index < -0.39 is 36.2 Å². The van der Waals surface area contributed by atoms with Gasteiger partial charge in [0.1, 0.15) is 12.5 Å². The molecule has 0 radical (unpaired) electrons. The highest BCUT2D eigenvalue weighted by atomic mass is 16.5. The second kappa shape index (κ2) is 18.1. The van der Waals surface area contributed by atoms with Crippen LogP contribution in [0, 0.1) is 0 Å². The van der Waals surface area contributed by atoms with Crippen molar-refractivity contribution in [1.29, 1.82) is 0 Å². The van der Waals surface area contributed by atoms with Gasteiger partial charge in [-0.05, 0) is 12.0 Å². The van der Waals surface area contributed by atoms with Crippen molar-refractivity contribution in [2.24, 2.45) is 5.11 Å². The Labute approximate surface area is 172 Å². The minimum atomic E-state index is -1.38. The van der Waals surface area contributed by atoms with Gasteiger partial charge in [-0.3, -0.25) is 14.4 Å². The highest BCUT2D eigenvalue weighted by Gasteiger charge is 2.21. The molecule has 0 saturated carbocycles. The SMILES string of the molecule is [N-]=[N+]=NCCOCCOCCOCCNC(=O)CCC(NC(=O)CC(=O)O)C(=O)O. The summed E-state index contributed by atoms with van der Waals surface area (Å²) in [5, 5.41) is 25.4. The molecule has 0 heterocycles. The van der Waals surface area contributed by atoms with Crippen LogP contribution in [0.2, 0.25) is 0 Å². The lowest BCUT2D eigenvalue weighted by Crippen LogP contribution is -2.42. The van der Waals surface area contributed by atoms with E-state index in [9.17, 15) is 19.2 Å². The van der Waals surface area contributed by atoms with Crippen LogP contribution in [0.4, 0.5) is 0 Å². The number of rotatable bonds is 19. The Morgan fingerprint density at radius 3 is 2.10 bits per heavy atom. The summed E-state index contributed by atoms with van der Waals surface area (Å²) in [6, 6.07) is -1.35. The van der Waals surface area contributed by atoms with E-state index in [-0.39, 0.29) is 32.5 Å². The molecule has 0 aliphatic rings. The zero-order chi connectivity index (χ0) is 22.6. The fourth-order valence-corrected chi connectivity index (χ4v) is 1.96. The van der Waals surface area contributed by atoms with E-state index in [1.54, 1.807) is 0 Å². The number of hydrogen-bond donors (Lipinski definition) is 4. The van der Waals surface area contributed by atoms with Crippen LogP contribution in [0.15, 0.2) is 5.11 Å². The van der Waals surface area contributed by atoms with Crippen molar-refractivity contribution in [1.82, 2.24) is 10.6 Å². The second-order valence-corrected chi connectivity index (χ2v) is 5.71. The summed E-state index contributed by atoms with van der Waals surface area (Å²) in [6.45, 7) is 2.41. The van der Waals surface area contributed by atoms with E-state index >= 15 is 0 Å². The molecule has 14 nitrogen and oxygen atoms in total. The van der Waals surface area contributed by atoms with Gasteiger partial charge in [-0.25, -0.2) is 4.79 Å². The Balaban J connectivity index is 3.67. The molecule has 0 aliphatic heterocycles. The third-order valence-electron chi connectivity index (χ3n) is 3.32. The standard InChI is InChI=1S/C16H27N5O9/c17-21-19-4-6-29-8-10-30-9-7-28-5-3-18-13(22)2-1-12(16(26)27)20-14(23)11-15(24)25/h12H,1-11H2,(H,18,22)(H,20,23)(H,24,25)(H,26,27). The zero-order valence-corrected chi connectivity index (χ0v) is 16.4. The molecule has 0 fully saturated rings. The number of ether oxygens (including phenoxy) is 3. The number of aliphatic carboxylic acids is 2. The Morgan fingerprint density at radius 2 is 1.53 bits per heavy atom. The molecule has 4 N–H and O–H groups in total. The van der Waals surface area contributed by atoms with Crippen LogP contribution in [0.25, 0.3) is 10.4 Å². The molecule has 14 heteroatoms. The van der Waals surface area contributed by atoms with Crippen molar-refractivity contribution < 1.29 is 43.6 Å². The van der Waals surface area contributed by atoms with Gasteiger partial charge in [0.25, 0.3) is 0 Å². The van der Waals surface area contributed by atoms with Crippen LogP contribution in [0.5, 0.6) is 0 Å². The van der Waals surface area contributed by atoms with Gasteiger partial charge >= 0.3 is 11.9 Å². The number of azide groups is 1. The number of carbonyl (C=O) groups is 4. The first-order valence-electron chi connectivity index (χ1n) is 9.11. The third kappa shape index (κ3) is 17.2. The van der Waals surface area contributed by atoms with Crippen LogP contribution in [-0.2, 0) is 33.4 Å². The highest BCUT2D eigenvalue weighted by Crippen LogP contribution is 1.99. The van der Waals surface area contributed by atoms with E-state index in [2.05, 4.69) is 20.7 Å². The summed E-state index contributed by atoms with van der Waals surface area (Å²) in [7, 11) is 0. The molecule has 0 aliphatic carbocycles. The van der Waals surface area contributed by atoms with Gasteiger partial charge in [-0.15, -0.1) is 0 Å². The van der Waals surface area contributed by atoms with Crippen LogP contribution in [0.1, 0.15) is 19.3 Å². The van der Waals surface area contributed by atoms with Crippen LogP contribution >= 0.6 is 0 Å². The molecule has 1 atom stereocenters. The highest BCUT2D eigenvalue weighted by molar-refractivity contribution is 5.95. The predicted molar refractivity (Wildman–Crippen MR) is 101 cm³/mol.